The van der Waals surface area contributed by atoms with Crippen molar-refractivity contribution in [1.29, 1.82) is 0 Å². The molecule has 2 saturated carbocycles. The van der Waals surface area contributed by atoms with Crippen LogP contribution in [0.25, 0.3) is 4.96 Å². The summed E-state index contributed by atoms with van der Waals surface area (Å²) in [5.41, 5.74) is 1.35. The SMILES string of the molecule is CC(C)CN(c1nc2sccn2c1CNC1CC1)C1CC1. The highest BCUT2D eigenvalue weighted by Crippen LogP contribution is 2.35. The van der Waals surface area contributed by atoms with Gasteiger partial charge in [-0.3, -0.25) is 4.40 Å². The van der Waals surface area contributed by atoms with E-state index in [4.69, 9.17) is 4.98 Å². The van der Waals surface area contributed by atoms with Gasteiger partial charge in [0.05, 0.1) is 5.69 Å². The van der Waals surface area contributed by atoms with E-state index in [1.165, 1.54) is 37.2 Å². The lowest BCUT2D eigenvalue weighted by Crippen LogP contribution is -2.31. The van der Waals surface area contributed by atoms with Crippen LogP contribution in [0.4, 0.5) is 5.82 Å². The second kappa shape index (κ2) is 5.29. The number of anilines is 1. The Bertz CT molecular complexity index is 621. The van der Waals surface area contributed by atoms with Crippen LogP contribution in [0.5, 0.6) is 0 Å². The summed E-state index contributed by atoms with van der Waals surface area (Å²) in [7, 11) is 0. The van der Waals surface area contributed by atoms with Crippen LogP contribution in [0.3, 0.4) is 0 Å². The molecular weight excluding hydrogens is 280 g/mol. The van der Waals surface area contributed by atoms with Crippen LogP contribution in [-0.2, 0) is 6.54 Å². The summed E-state index contributed by atoms with van der Waals surface area (Å²) in [5.74, 6) is 1.90. The van der Waals surface area contributed by atoms with E-state index in [1.807, 2.05) is 0 Å². The van der Waals surface area contributed by atoms with Crippen LogP contribution in [0, 0.1) is 5.92 Å². The van der Waals surface area contributed by atoms with E-state index in [0.29, 0.717) is 5.92 Å². The Kier molecular flexibility index (Phi) is 3.42. The van der Waals surface area contributed by atoms with Gasteiger partial charge in [0.1, 0.15) is 0 Å². The molecule has 4 nitrogen and oxygen atoms in total. The predicted octanol–water partition coefficient (Wildman–Crippen LogP) is 3.27. The number of thiazole rings is 1. The van der Waals surface area contributed by atoms with Crippen molar-refractivity contribution in [2.45, 2.75) is 58.2 Å². The van der Waals surface area contributed by atoms with Crippen LogP contribution in [0.2, 0.25) is 0 Å². The van der Waals surface area contributed by atoms with Gasteiger partial charge in [0.25, 0.3) is 0 Å². The summed E-state index contributed by atoms with van der Waals surface area (Å²) in [6.07, 6.45) is 7.49. The molecule has 21 heavy (non-hydrogen) atoms. The Balaban J connectivity index is 1.67. The fraction of sp³-hybridized carbons (Fsp3) is 0.688. The average molecular weight is 304 g/mol. The van der Waals surface area contributed by atoms with Crippen LogP contribution in [0.1, 0.15) is 45.2 Å². The van der Waals surface area contributed by atoms with E-state index in [2.05, 4.69) is 40.0 Å². The summed E-state index contributed by atoms with van der Waals surface area (Å²) < 4.78 is 2.28. The van der Waals surface area contributed by atoms with Crippen molar-refractivity contribution in [3.8, 4) is 0 Å². The van der Waals surface area contributed by atoms with Gasteiger partial charge in [-0.05, 0) is 31.6 Å². The molecular formula is C16H24N4S. The molecule has 2 fully saturated rings. The molecule has 2 aromatic rings. The zero-order valence-corrected chi connectivity index (χ0v) is 13.7. The minimum atomic E-state index is 0.676. The van der Waals surface area contributed by atoms with Crippen LogP contribution < -0.4 is 10.2 Å². The van der Waals surface area contributed by atoms with Gasteiger partial charge in [-0.15, -0.1) is 11.3 Å². The third-order valence-corrected chi connectivity index (χ3v) is 5.05. The van der Waals surface area contributed by atoms with Crippen molar-refractivity contribution in [2.24, 2.45) is 5.92 Å². The maximum Gasteiger partial charge on any atom is 0.195 e. The van der Waals surface area contributed by atoms with E-state index in [1.54, 1.807) is 11.3 Å². The molecule has 0 radical (unpaired) electrons. The van der Waals surface area contributed by atoms with Crippen molar-refractivity contribution in [2.75, 3.05) is 11.4 Å². The molecule has 1 N–H and O–H groups in total. The highest BCUT2D eigenvalue weighted by atomic mass is 32.1. The summed E-state index contributed by atoms with van der Waals surface area (Å²) in [6.45, 7) is 6.66. The molecule has 2 aliphatic carbocycles. The lowest BCUT2D eigenvalue weighted by molar-refractivity contribution is 0.597. The minimum absolute atomic E-state index is 0.676. The zero-order chi connectivity index (χ0) is 14.4. The Hall–Kier alpha value is -1.07. The monoisotopic (exact) mass is 304 g/mol. The molecule has 5 heteroatoms. The number of nitrogens with zero attached hydrogens (tertiary/aromatic N) is 3. The van der Waals surface area contributed by atoms with E-state index in [9.17, 15) is 0 Å². The number of hydrogen-bond acceptors (Lipinski definition) is 4. The first-order chi connectivity index (χ1) is 10.2. The standard InChI is InChI=1S/C16H24N4S/c1-11(2)10-20(13-5-6-13)15-14(9-17-12-3-4-12)19-7-8-21-16(19)18-15/h7-8,11-13,17H,3-6,9-10H2,1-2H3. The molecule has 0 amide bonds. The number of rotatable bonds is 7. The van der Waals surface area contributed by atoms with Crippen molar-refractivity contribution in [1.82, 2.24) is 14.7 Å². The Morgan fingerprint density at radius 2 is 2.19 bits per heavy atom. The van der Waals surface area contributed by atoms with Gasteiger partial charge in [0, 0.05) is 36.8 Å². The van der Waals surface area contributed by atoms with Gasteiger partial charge in [0.15, 0.2) is 10.8 Å². The van der Waals surface area contributed by atoms with E-state index < -0.39 is 0 Å². The van der Waals surface area contributed by atoms with Crippen LogP contribution in [0.15, 0.2) is 11.6 Å². The first-order valence-corrected chi connectivity index (χ1v) is 9.05. The summed E-state index contributed by atoms with van der Waals surface area (Å²) in [5, 5.41) is 5.80. The van der Waals surface area contributed by atoms with E-state index in [0.717, 1.165) is 30.1 Å². The van der Waals surface area contributed by atoms with E-state index in [-0.39, 0.29) is 0 Å². The molecule has 4 rings (SSSR count). The molecule has 0 saturated heterocycles. The van der Waals surface area contributed by atoms with Crippen molar-refractivity contribution >= 4 is 22.1 Å². The van der Waals surface area contributed by atoms with Gasteiger partial charge in [-0.2, -0.15) is 0 Å². The lowest BCUT2D eigenvalue weighted by atomic mass is 10.2. The molecule has 2 aliphatic rings. The van der Waals surface area contributed by atoms with Gasteiger partial charge in [-0.25, -0.2) is 4.98 Å². The second-order valence-corrected chi connectivity index (χ2v) is 7.74. The summed E-state index contributed by atoms with van der Waals surface area (Å²) in [6, 6.07) is 1.46. The zero-order valence-electron chi connectivity index (χ0n) is 12.9. The van der Waals surface area contributed by atoms with Gasteiger partial charge >= 0.3 is 0 Å². The summed E-state index contributed by atoms with van der Waals surface area (Å²) in [4.78, 5) is 8.65. The van der Waals surface area contributed by atoms with Gasteiger partial charge in [-0.1, -0.05) is 13.8 Å². The Morgan fingerprint density at radius 1 is 1.38 bits per heavy atom. The number of imidazole rings is 1. The Labute approximate surface area is 130 Å². The highest BCUT2D eigenvalue weighted by Gasteiger charge is 2.33. The lowest BCUT2D eigenvalue weighted by Gasteiger charge is -2.25. The molecule has 0 spiro atoms. The van der Waals surface area contributed by atoms with Gasteiger partial charge in [0.2, 0.25) is 0 Å². The fourth-order valence-electron chi connectivity index (χ4n) is 2.93. The molecule has 0 bridgehead atoms. The molecule has 0 aromatic carbocycles. The summed E-state index contributed by atoms with van der Waals surface area (Å²) >= 11 is 1.74. The quantitative estimate of drug-likeness (QED) is 0.852. The number of hydrogen-bond donors (Lipinski definition) is 1. The number of aromatic nitrogens is 2. The van der Waals surface area contributed by atoms with Crippen molar-refractivity contribution < 1.29 is 0 Å². The van der Waals surface area contributed by atoms with Gasteiger partial charge < -0.3 is 10.2 Å². The second-order valence-electron chi connectivity index (χ2n) is 6.87. The normalized spacial score (nSPS) is 18.8. The molecule has 2 aromatic heterocycles. The highest BCUT2D eigenvalue weighted by molar-refractivity contribution is 7.15. The number of nitrogens with one attached hydrogen (secondary N) is 1. The Morgan fingerprint density at radius 3 is 2.86 bits per heavy atom. The smallest absolute Gasteiger partial charge is 0.195 e. The molecule has 0 unspecified atom stereocenters. The molecule has 0 atom stereocenters. The van der Waals surface area contributed by atoms with Crippen LogP contribution in [-0.4, -0.2) is 28.0 Å². The average Bonchev–Trinajstić information content (AvgIpc) is 3.34. The predicted molar refractivity (Wildman–Crippen MR) is 88.1 cm³/mol. The first-order valence-electron chi connectivity index (χ1n) is 8.17. The maximum absolute atomic E-state index is 4.95. The van der Waals surface area contributed by atoms with Crippen LogP contribution >= 0.6 is 11.3 Å². The fourth-order valence-corrected chi connectivity index (χ4v) is 3.66. The third kappa shape index (κ3) is 2.81. The maximum atomic E-state index is 4.95. The third-order valence-electron chi connectivity index (χ3n) is 4.30. The van der Waals surface area contributed by atoms with Crippen molar-refractivity contribution in [3.05, 3.63) is 17.3 Å². The first kappa shape index (κ1) is 13.6. The molecule has 0 aliphatic heterocycles. The van der Waals surface area contributed by atoms with Crippen molar-refractivity contribution in [3.63, 3.8) is 0 Å². The molecule has 2 heterocycles. The molecule has 114 valence electrons. The minimum Gasteiger partial charge on any atom is -0.352 e. The topological polar surface area (TPSA) is 32.6 Å². The van der Waals surface area contributed by atoms with E-state index >= 15 is 0 Å². The largest absolute Gasteiger partial charge is 0.352 e. The number of fused-ring (bicyclic) bond motifs is 1.